The molecule has 0 aromatic carbocycles. The van der Waals surface area contributed by atoms with Crippen LogP contribution in [0.4, 0.5) is 0 Å². The Hall–Kier alpha value is -2.15. The van der Waals surface area contributed by atoms with Crippen molar-refractivity contribution in [1.29, 1.82) is 5.26 Å². The average Bonchev–Trinajstić information content (AvgIpc) is 2.74. The Bertz CT molecular complexity index is 606. The molecule has 18 heavy (non-hydrogen) atoms. The number of nitrogens with zero attached hydrogens (tertiary/aromatic N) is 4. The lowest BCUT2D eigenvalue weighted by Crippen LogP contribution is -2.07. The van der Waals surface area contributed by atoms with Crippen molar-refractivity contribution in [3.63, 3.8) is 0 Å². The van der Waals surface area contributed by atoms with Gasteiger partial charge in [0.05, 0.1) is 0 Å². The maximum absolute atomic E-state index is 9.11. The number of rotatable bonds is 1. The SMILES string of the molecule is N#Cc1cccn1-c1ncnc2c1CCCCC2. The molecule has 0 amide bonds. The highest BCUT2D eigenvalue weighted by Crippen LogP contribution is 2.24. The lowest BCUT2D eigenvalue weighted by Gasteiger charge is -2.11. The van der Waals surface area contributed by atoms with Gasteiger partial charge in [-0.05, 0) is 37.8 Å². The van der Waals surface area contributed by atoms with Crippen molar-refractivity contribution in [3.05, 3.63) is 41.6 Å². The van der Waals surface area contributed by atoms with Crippen LogP contribution in [0.2, 0.25) is 0 Å². The Labute approximate surface area is 106 Å². The molecule has 0 spiro atoms. The van der Waals surface area contributed by atoms with Gasteiger partial charge in [0.25, 0.3) is 0 Å². The minimum absolute atomic E-state index is 0.625. The van der Waals surface area contributed by atoms with Crippen LogP contribution in [0.5, 0.6) is 0 Å². The van der Waals surface area contributed by atoms with E-state index in [2.05, 4.69) is 16.0 Å². The van der Waals surface area contributed by atoms with Crippen molar-refractivity contribution in [2.45, 2.75) is 32.1 Å². The molecule has 0 bridgehead atoms. The molecule has 1 aliphatic rings. The van der Waals surface area contributed by atoms with Crippen molar-refractivity contribution in [1.82, 2.24) is 14.5 Å². The summed E-state index contributed by atoms with van der Waals surface area (Å²) in [4.78, 5) is 8.78. The quantitative estimate of drug-likeness (QED) is 0.717. The molecule has 0 aliphatic heterocycles. The normalized spacial score (nSPS) is 14.6. The molecule has 90 valence electrons. The fourth-order valence-electron chi connectivity index (χ4n) is 2.54. The maximum atomic E-state index is 9.11. The van der Waals surface area contributed by atoms with Gasteiger partial charge in [0.2, 0.25) is 0 Å². The number of aryl methyl sites for hydroxylation is 1. The van der Waals surface area contributed by atoms with E-state index in [4.69, 9.17) is 5.26 Å². The molecule has 0 atom stereocenters. The zero-order valence-electron chi connectivity index (χ0n) is 10.1. The van der Waals surface area contributed by atoms with Crippen LogP contribution in [0.3, 0.4) is 0 Å². The van der Waals surface area contributed by atoms with Crippen LogP contribution in [0.1, 0.15) is 36.2 Å². The van der Waals surface area contributed by atoms with Gasteiger partial charge in [0, 0.05) is 17.5 Å². The molecular weight excluding hydrogens is 224 g/mol. The van der Waals surface area contributed by atoms with Gasteiger partial charge in [-0.1, -0.05) is 6.42 Å². The van der Waals surface area contributed by atoms with Crippen molar-refractivity contribution < 1.29 is 0 Å². The first kappa shape index (κ1) is 11.0. The summed E-state index contributed by atoms with van der Waals surface area (Å²) in [5.74, 6) is 0.878. The van der Waals surface area contributed by atoms with E-state index in [-0.39, 0.29) is 0 Å². The Balaban J connectivity index is 2.16. The molecule has 0 unspecified atom stereocenters. The fraction of sp³-hybridized carbons (Fsp3) is 0.357. The van der Waals surface area contributed by atoms with Crippen molar-refractivity contribution in [2.24, 2.45) is 0 Å². The first-order chi connectivity index (χ1) is 8.90. The van der Waals surface area contributed by atoms with E-state index in [0.717, 1.165) is 24.4 Å². The summed E-state index contributed by atoms with van der Waals surface area (Å²) in [6, 6.07) is 5.89. The van der Waals surface area contributed by atoms with Crippen LogP contribution in [-0.4, -0.2) is 14.5 Å². The van der Waals surface area contributed by atoms with Crippen LogP contribution >= 0.6 is 0 Å². The summed E-state index contributed by atoms with van der Waals surface area (Å²) in [5.41, 5.74) is 2.98. The van der Waals surface area contributed by atoms with E-state index in [9.17, 15) is 0 Å². The monoisotopic (exact) mass is 238 g/mol. The van der Waals surface area contributed by atoms with E-state index in [1.54, 1.807) is 6.33 Å². The molecule has 0 saturated heterocycles. The van der Waals surface area contributed by atoms with Gasteiger partial charge in [-0.15, -0.1) is 0 Å². The van der Waals surface area contributed by atoms with Gasteiger partial charge in [0.15, 0.2) is 0 Å². The summed E-state index contributed by atoms with van der Waals surface area (Å²) >= 11 is 0. The van der Waals surface area contributed by atoms with E-state index in [1.165, 1.54) is 24.8 Å². The Kier molecular flexibility index (Phi) is 2.81. The van der Waals surface area contributed by atoms with Crippen molar-refractivity contribution in [2.75, 3.05) is 0 Å². The van der Waals surface area contributed by atoms with Crippen molar-refractivity contribution >= 4 is 0 Å². The largest absolute Gasteiger partial charge is 0.292 e. The molecule has 4 nitrogen and oxygen atoms in total. The molecular formula is C14H14N4. The smallest absolute Gasteiger partial charge is 0.144 e. The number of fused-ring (bicyclic) bond motifs is 1. The highest BCUT2D eigenvalue weighted by atomic mass is 15.1. The molecule has 0 saturated carbocycles. The number of hydrogen-bond donors (Lipinski definition) is 0. The first-order valence-electron chi connectivity index (χ1n) is 6.31. The third-order valence-electron chi connectivity index (χ3n) is 3.44. The van der Waals surface area contributed by atoms with Crippen LogP contribution in [0.25, 0.3) is 5.82 Å². The summed E-state index contributed by atoms with van der Waals surface area (Å²) in [6.45, 7) is 0. The van der Waals surface area contributed by atoms with E-state index in [1.807, 2.05) is 22.9 Å². The molecule has 0 radical (unpaired) electrons. The van der Waals surface area contributed by atoms with Gasteiger partial charge in [-0.2, -0.15) is 5.26 Å². The third-order valence-corrected chi connectivity index (χ3v) is 3.44. The minimum atomic E-state index is 0.625. The molecule has 4 heteroatoms. The van der Waals surface area contributed by atoms with Crippen molar-refractivity contribution in [3.8, 4) is 11.9 Å². The molecule has 0 N–H and O–H groups in total. The summed E-state index contributed by atoms with van der Waals surface area (Å²) in [5, 5.41) is 9.11. The predicted octanol–water partition coefficient (Wildman–Crippen LogP) is 2.41. The van der Waals surface area contributed by atoms with Crippen LogP contribution in [-0.2, 0) is 12.8 Å². The Morgan fingerprint density at radius 1 is 1.17 bits per heavy atom. The van der Waals surface area contributed by atoms with Crippen LogP contribution < -0.4 is 0 Å². The minimum Gasteiger partial charge on any atom is -0.292 e. The van der Waals surface area contributed by atoms with Gasteiger partial charge in [-0.3, -0.25) is 4.57 Å². The van der Waals surface area contributed by atoms with Gasteiger partial charge >= 0.3 is 0 Å². The zero-order valence-corrected chi connectivity index (χ0v) is 10.1. The number of nitriles is 1. The summed E-state index contributed by atoms with van der Waals surface area (Å²) in [7, 11) is 0. The molecule has 2 heterocycles. The van der Waals surface area contributed by atoms with Gasteiger partial charge in [0.1, 0.15) is 23.9 Å². The zero-order chi connectivity index (χ0) is 12.4. The second kappa shape index (κ2) is 4.61. The van der Waals surface area contributed by atoms with E-state index in [0.29, 0.717) is 5.69 Å². The summed E-state index contributed by atoms with van der Waals surface area (Å²) in [6.07, 6.45) is 9.15. The van der Waals surface area contributed by atoms with Gasteiger partial charge < -0.3 is 0 Å². The Morgan fingerprint density at radius 3 is 2.94 bits per heavy atom. The molecule has 3 rings (SSSR count). The van der Waals surface area contributed by atoms with Crippen LogP contribution in [0, 0.1) is 11.3 Å². The highest BCUT2D eigenvalue weighted by molar-refractivity contribution is 5.42. The van der Waals surface area contributed by atoms with Crippen LogP contribution in [0.15, 0.2) is 24.7 Å². The predicted molar refractivity (Wildman–Crippen MR) is 67.3 cm³/mol. The van der Waals surface area contributed by atoms with Gasteiger partial charge in [-0.25, -0.2) is 9.97 Å². The first-order valence-corrected chi connectivity index (χ1v) is 6.31. The lowest BCUT2D eigenvalue weighted by molar-refractivity contribution is 0.708. The second-order valence-electron chi connectivity index (χ2n) is 4.56. The standard InChI is InChI=1S/C14H14N4/c15-9-11-5-4-8-18(11)14-12-6-2-1-3-7-13(12)16-10-17-14/h4-5,8,10H,1-3,6-7H2. The second-order valence-corrected chi connectivity index (χ2v) is 4.56. The highest BCUT2D eigenvalue weighted by Gasteiger charge is 2.16. The Morgan fingerprint density at radius 2 is 2.06 bits per heavy atom. The molecule has 2 aromatic heterocycles. The molecule has 0 fully saturated rings. The summed E-state index contributed by atoms with van der Waals surface area (Å²) < 4.78 is 1.87. The molecule has 2 aromatic rings. The topological polar surface area (TPSA) is 54.5 Å². The third kappa shape index (κ3) is 1.78. The number of hydrogen-bond acceptors (Lipinski definition) is 3. The number of aromatic nitrogens is 3. The average molecular weight is 238 g/mol. The van der Waals surface area contributed by atoms with E-state index < -0.39 is 0 Å². The molecule has 1 aliphatic carbocycles. The van der Waals surface area contributed by atoms with E-state index >= 15 is 0 Å². The lowest BCUT2D eigenvalue weighted by atomic mass is 10.1. The maximum Gasteiger partial charge on any atom is 0.144 e. The fourth-order valence-corrected chi connectivity index (χ4v) is 2.54.